The van der Waals surface area contributed by atoms with Crippen LogP contribution in [0.3, 0.4) is 0 Å². The molecule has 1 heterocycles. The molecular formula is C16H13F3N. The Morgan fingerprint density at radius 1 is 1.20 bits per heavy atom. The second kappa shape index (κ2) is 4.85. The Bertz CT molecular complexity index is 619. The number of alkyl halides is 3. The number of hydrogen-bond acceptors (Lipinski definition) is 1. The van der Waals surface area contributed by atoms with Crippen LogP contribution in [0.2, 0.25) is 0 Å². The van der Waals surface area contributed by atoms with Crippen LogP contribution < -0.4 is 4.90 Å². The molecule has 0 fully saturated rings. The molecular weight excluding hydrogens is 263 g/mol. The molecule has 1 radical (unpaired) electrons. The van der Waals surface area contributed by atoms with Crippen molar-refractivity contribution in [3.63, 3.8) is 0 Å². The normalized spacial score (nSPS) is 14.4. The molecule has 4 heteroatoms. The van der Waals surface area contributed by atoms with E-state index in [0.717, 1.165) is 24.7 Å². The average Bonchev–Trinajstić information content (AvgIpc) is 2.82. The first-order valence-electron chi connectivity index (χ1n) is 6.44. The van der Waals surface area contributed by atoms with Crippen molar-refractivity contribution in [2.24, 2.45) is 0 Å². The zero-order valence-electron chi connectivity index (χ0n) is 10.7. The Morgan fingerprint density at radius 2 is 2.05 bits per heavy atom. The molecule has 1 aliphatic heterocycles. The van der Waals surface area contributed by atoms with E-state index in [2.05, 4.69) is 11.0 Å². The van der Waals surface area contributed by atoms with E-state index in [1.54, 1.807) is 6.07 Å². The molecule has 0 saturated carbocycles. The third-order valence-electron chi connectivity index (χ3n) is 3.54. The van der Waals surface area contributed by atoms with Gasteiger partial charge in [-0.3, -0.25) is 0 Å². The first kappa shape index (κ1) is 13.0. The molecule has 0 atom stereocenters. The topological polar surface area (TPSA) is 3.24 Å². The Hall–Kier alpha value is -1.97. The summed E-state index contributed by atoms with van der Waals surface area (Å²) in [6.07, 6.45) is -3.36. The van der Waals surface area contributed by atoms with E-state index in [1.807, 2.05) is 18.2 Å². The number of benzene rings is 2. The van der Waals surface area contributed by atoms with Crippen LogP contribution in [0.15, 0.2) is 42.5 Å². The van der Waals surface area contributed by atoms with Crippen LogP contribution in [-0.4, -0.2) is 6.54 Å². The van der Waals surface area contributed by atoms with Gasteiger partial charge in [-0.2, -0.15) is 13.2 Å². The number of nitrogens with zero attached hydrogens (tertiary/aromatic N) is 1. The van der Waals surface area contributed by atoms with E-state index in [1.165, 1.54) is 17.7 Å². The highest BCUT2D eigenvalue weighted by Crippen LogP contribution is 2.32. The van der Waals surface area contributed by atoms with E-state index in [4.69, 9.17) is 0 Å². The summed E-state index contributed by atoms with van der Waals surface area (Å²) in [7, 11) is 0. The summed E-state index contributed by atoms with van der Waals surface area (Å²) >= 11 is 0. The summed E-state index contributed by atoms with van der Waals surface area (Å²) in [6, 6.07) is 14.3. The summed E-state index contributed by atoms with van der Waals surface area (Å²) in [4.78, 5) is 2.11. The Morgan fingerprint density at radius 3 is 2.85 bits per heavy atom. The lowest BCUT2D eigenvalue weighted by molar-refractivity contribution is -0.137. The molecule has 1 nitrogen and oxygen atoms in total. The Kier molecular flexibility index (Phi) is 3.16. The van der Waals surface area contributed by atoms with Gasteiger partial charge < -0.3 is 4.90 Å². The summed E-state index contributed by atoms with van der Waals surface area (Å²) in [5.41, 5.74) is 2.40. The monoisotopic (exact) mass is 276 g/mol. The van der Waals surface area contributed by atoms with Gasteiger partial charge >= 0.3 is 6.18 Å². The molecule has 103 valence electrons. The molecule has 0 amide bonds. The molecule has 1 aliphatic rings. The standard InChI is InChI=1S/C16H13F3N/c17-16(18,19)14-6-3-4-12(10-14)11-20-9-8-13-5-1-2-7-15(13)20/h2-7,10H,8-9,11H2. The van der Waals surface area contributed by atoms with Crippen LogP contribution in [0, 0.1) is 6.07 Å². The first-order valence-corrected chi connectivity index (χ1v) is 6.44. The largest absolute Gasteiger partial charge is 0.416 e. The van der Waals surface area contributed by atoms with Gasteiger partial charge in [0.25, 0.3) is 0 Å². The van der Waals surface area contributed by atoms with Gasteiger partial charge in [0, 0.05) is 18.8 Å². The summed E-state index contributed by atoms with van der Waals surface area (Å²) in [6.45, 7) is 1.34. The highest BCUT2D eigenvalue weighted by molar-refractivity contribution is 5.57. The fourth-order valence-electron chi connectivity index (χ4n) is 2.57. The molecule has 0 bridgehead atoms. The van der Waals surface area contributed by atoms with Crippen molar-refractivity contribution in [1.29, 1.82) is 0 Å². The maximum absolute atomic E-state index is 12.7. The maximum Gasteiger partial charge on any atom is 0.416 e. The molecule has 0 unspecified atom stereocenters. The highest BCUT2D eigenvalue weighted by Gasteiger charge is 2.30. The molecule has 0 aromatic heterocycles. The van der Waals surface area contributed by atoms with Crippen LogP contribution >= 0.6 is 0 Å². The minimum atomic E-state index is -4.28. The van der Waals surface area contributed by atoms with E-state index in [9.17, 15) is 13.2 Å². The third-order valence-corrected chi connectivity index (χ3v) is 3.54. The Labute approximate surface area is 115 Å². The van der Waals surface area contributed by atoms with Crippen LogP contribution in [0.5, 0.6) is 0 Å². The molecule has 2 aromatic rings. The fraction of sp³-hybridized carbons (Fsp3) is 0.250. The van der Waals surface area contributed by atoms with Gasteiger partial charge in [0.1, 0.15) is 0 Å². The molecule has 3 rings (SSSR count). The number of halogens is 3. The van der Waals surface area contributed by atoms with Crippen molar-refractivity contribution in [2.75, 3.05) is 11.4 Å². The second-order valence-electron chi connectivity index (χ2n) is 4.92. The summed E-state index contributed by atoms with van der Waals surface area (Å²) in [5.74, 6) is 0. The van der Waals surface area contributed by atoms with Crippen molar-refractivity contribution < 1.29 is 13.2 Å². The minimum absolute atomic E-state index is 0.501. The molecule has 2 aromatic carbocycles. The minimum Gasteiger partial charge on any atom is -0.367 e. The van der Waals surface area contributed by atoms with Crippen molar-refractivity contribution in [3.05, 3.63) is 65.2 Å². The van der Waals surface area contributed by atoms with E-state index in [-0.39, 0.29) is 0 Å². The summed E-state index contributed by atoms with van der Waals surface area (Å²) < 4.78 is 38.1. The molecule has 0 N–H and O–H groups in total. The van der Waals surface area contributed by atoms with Crippen LogP contribution in [0.1, 0.15) is 16.7 Å². The SMILES string of the molecule is FC(F)(F)c1cccc(CN2CCc3c[c]ccc32)c1. The van der Waals surface area contributed by atoms with Crippen LogP contribution in [-0.2, 0) is 19.1 Å². The zero-order valence-corrected chi connectivity index (χ0v) is 10.7. The number of hydrogen-bond donors (Lipinski definition) is 0. The zero-order chi connectivity index (χ0) is 14.2. The van der Waals surface area contributed by atoms with Crippen molar-refractivity contribution in [2.45, 2.75) is 19.1 Å². The van der Waals surface area contributed by atoms with Gasteiger partial charge in [-0.1, -0.05) is 18.2 Å². The van der Waals surface area contributed by atoms with E-state index in [0.29, 0.717) is 12.1 Å². The van der Waals surface area contributed by atoms with Crippen LogP contribution in [0.25, 0.3) is 0 Å². The van der Waals surface area contributed by atoms with Gasteiger partial charge in [-0.05, 0) is 47.9 Å². The van der Waals surface area contributed by atoms with E-state index < -0.39 is 11.7 Å². The molecule has 0 aliphatic carbocycles. The van der Waals surface area contributed by atoms with Gasteiger partial charge in [0.2, 0.25) is 0 Å². The number of anilines is 1. The predicted octanol–water partition coefficient (Wildman–Crippen LogP) is 4.07. The second-order valence-corrected chi connectivity index (χ2v) is 4.92. The van der Waals surface area contributed by atoms with Gasteiger partial charge in [0.15, 0.2) is 0 Å². The van der Waals surface area contributed by atoms with Crippen molar-refractivity contribution >= 4 is 5.69 Å². The lowest BCUT2D eigenvalue weighted by atomic mass is 10.1. The quantitative estimate of drug-likeness (QED) is 0.799. The fourth-order valence-corrected chi connectivity index (χ4v) is 2.57. The van der Waals surface area contributed by atoms with Gasteiger partial charge in [-0.25, -0.2) is 0 Å². The number of rotatable bonds is 2. The summed E-state index contributed by atoms with van der Waals surface area (Å²) in [5, 5.41) is 0. The van der Waals surface area contributed by atoms with Gasteiger partial charge in [0.05, 0.1) is 5.56 Å². The first-order chi connectivity index (χ1) is 9.54. The highest BCUT2D eigenvalue weighted by atomic mass is 19.4. The van der Waals surface area contributed by atoms with Crippen LogP contribution in [0.4, 0.5) is 18.9 Å². The predicted molar refractivity (Wildman–Crippen MR) is 71.5 cm³/mol. The van der Waals surface area contributed by atoms with Gasteiger partial charge in [-0.15, -0.1) is 0 Å². The average molecular weight is 276 g/mol. The Balaban J connectivity index is 1.83. The smallest absolute Gasteiger partial charge is 0.367 e. The van der Waals surface area contributed by atoms with Crippen molar-refractivity contribution in [3.8, 4) is 0 Å². The van der Waals surface area contributed by atoms with Crippen molar-refractivity contribution in [1.82, 2.24) is 0 Å². The lowest BCUT2D eigenvalue weighted by Crippen LogP contribution is -2.20. The molecule has 20 heavy (non-hydrogen) atoms. The van der Waals surface area contributed by atoms with E-state index >= 15 is 0 Å². The lowest BCUT2D eigenvalue weighted by Gasteiger charge is -2.20. The third kappa shape index (κ3) is 2.50. The maximum atomic E-state index is 12.7. The molecule has 0 spiro atoms. The number of fused-ring (bicyclic) bond motifs is 1. The molecule has 0 saturated heterocycles.